The smallest absolute Gasteiger partial charge is 0.171 e. The van der Waals surface area contributed by atoms with Gasteiger partial charge in [0.1, 0.15) is 0 Å². The Balaban J connectivity index is 1.97. The average molecular weight is 238 g/mol. The third-order valence-electron chi connectivity index (χ3n) is 2.08. The highest BCUT2D eigenvalue weighted by atomic mass is 35.5. The lowest BCUT2D eigenvalue weighted by Gasteiger charge is -2.15. The van der Waals surface area contributed by atoms with Gasteiger partial charge < -0.3 is 9.88 Å². The zero-order chi connectivity index (χ0) is 11.4. The van der Waals surface area contributed by atoms with E-state index in [-0.39, 0.29) is 6.04 Å². The van der Waals surface area contributed by atoms with Gasteiger partial charge in [0.25, 0.3) is 0 Å². The minimum absolute atomic E-state index is 0.198. The largest absolute Gasteiger partial charge is 0.363 e. The molecule has 0 aromatic carbocycles. The number of hydrogen-bond acceptors (Lipinski definition) is 4. The molecule has 0 aliphatic rings. The summed E-state index contributed by atoms with van der Waals surface area (Å²) in [5.74, 6) is 0.608. The van der Waals surface area contributed by atoms with Gasteiger partial charge in [-0.2, -0.15) is 0 Å². The molecule has 0 fully saturated rings. The van der Waals surface area contributed by atoms with E-state index in [2.05, 4.69) is 20.3 Å². The Hall–Kier alpha value is -1.62. The van der Waals surface area contributed by atoms with Crippen molar-refractivity contribution in [1.29, 1.82) is 0 Å². The van der Waals surface area contributed by atoms with E-state index in [0.717, 1.165) is 6.54 Å². The van der Waals surface area contributed by atoms with Gasteiger partial charge in [0.15, 0.2) is 11.0 Å². The number of anilines is 1. The van der Waals surface area contributed by atoms with Gasteiger partial charge in [-0.05, 0) is 6.92 Å². The van der Waals surface area contributed by atoms with E-state index in [1.807, 2.05) is 17.7 Å². The number of imidazole rings is 1. The highest BCUT2D eigenvalue weighted by Gasteiger charge is 2.07. The maximum absolute atomic E-state index is 5.89. The molecule has 1 atom stereocenters. The molecular formula is C10H12ClN5. The number of rotatable bonds is 4. The molecule has 2 rings (SSSR count). The van der Waals surface area contributed by atoms with E-state index in [4.69, 9.17) is 11.6 Å². The fourth-order valence-electron chi connectivity index (χ4n) is 1.41. The number of nitrogens with zero attached hydrogens (tertiary/aromatic N) is 4. The summed E-state index contributed by atoms with van der Waals surface area (Å²) in [5.41, 5.74) is 0. The van der Waals surface area contributed by atoms with Crippen LogP contribution in [-0.4, -0.2) is 25.6 Å². The molecule has 0 amide bonds. The van der Waals surface area contributed by atoms with Crippen LogP contribution in [0.4, 0.5) is 5.82 Å². The first-order valence-electron chi connectivity index (χ1n) is 4.94. The molecule has 0 saturated carbocycles. The Kier molecular flexibility index (Phi) is 3.36. The Morgan fingerprint density at radius 3 is 2.88 bits per heavy atom. The lowest BCUT2D eigenvalue weighted by molar-refractivity contribution is 0.617. The van der Waals surface area contributed by atoms with Crippen LogP contribution in [0.2, 0.25) is 5.15 Å². The molecule has 2 aromatic heterocycles. The quantitative estimate of drug-likeness (QED) is 0.882. The molecule has 0 saturated heterocycles. The summed E-state index contributed by atoms with van der Waals surface area (Å²) < 4.78 is 1.99. The predicted octanol–water partition coefficient (Wildman–Crippen LogP) is 1.83. The van der Waals surface area contributed by atoms with E-state index in [0.29, 0.717) is 11.0 Å². The Labute approximate surface area is 98.5 Å². The second-order valence-corrected chi connectivity index (χ2v) is 3.86. The lowest BCUT2D eigenvalue weighted by Crippen LogP contribution is -2.22. The van der Waals surface area contributed by atoms with E-state index < -0.39 is 0 Å². The van der Waals surface area contributed by atoms with E-state index in [1.54, 1.807) is 24.9 Å². The van der Waals surface area contributed by atoms with Crippen molar-refractivity contribution in [2.45, 2.75) is 19.5 Å². The summed E-state index contributed by atoms with van der Waals surface area (Å²) >= 11 is 5.89. The second kappa shape index (κ2) is 4.94. The summed E-state index contributed by atoms with van der Waals surface area (Å²) in [4.78, 5) is 12.0. The fraction of sp³-hybridized carbons (Fsp3) is 0.300. The number of halogens is 1. The molecule has 1 unspecified atom stereocenters. The highest BCUT2D eigenvalue weighted by molar-refractivity contribution is 6.31. The topological polar surface area (TPSA) is 55.6 Å². The Morgan fingerprint density at radius 1 is 1.38 bits per heavy atom. The monoisotopic (exact) mass is 237 g/mol. The van der Waals surface area contributed by atoms with Crippen LogP contribution < -0.4 is 5.32 Å². The van der Waals surface area contributed by atoms with E-state index in [9.17, 15) is 0 Å². The third kappa shape index (κ3) is 2.70. The van der Waals surface area contributed by atoms with Gasteiger partial charge in [0, 0.05) is 37.4 Å². The minimum Gasteiger partial charge on any atom is -0.363 e. The van der Waals surface area contributed by atoms with Gasteiger partial charge in [-0.15, -0.1) is 0 Å². The molecule has 0 spiro atoms. The molecule has 2 heterocycles. The molecule has 0 radical (unpaired) electrons. The van der Waals surface area contributed by atoms with Crippen molar-refractivity contribution in [2.75, 3.05) is 5.32 Å². The minimum atomic E-state index is 0.198. The van der Waals surface area contributed by atoms with Gasteiger partial charge in [0.2, 0.25) is 0 Å². The second-order valence-electron chi connectivity index (χ2n) is 3.50. The van der Waals surface area contributed by atoms with Crippen LogP contribution >= 0.6 is 11.6 Å². The van der Waals surface area contributed by atoms with Crippen molar-refractivity contribution >= 4 is 17.4 Å². The summed E-state index contributed by atoms with van der Waals surface area (Å²) in [7, 11) is 0. The summed E-state index contributed by atoms with van der Waals surface area (Å²) in [6.07, 6.45) is 8.61. The number of hydrogen-bond donors (Lipinski definition) is 1. The Bertz CT molecular complexity index is 442. The van der Waals surface area contributed by atoms with Crippen molar-refractivity contribution in [2.24, 2.45) is 0 Å². The number of aromatic nitrogens is 4. The zero-order valence-corrected chi connectivity index (χ0v) is 9.59. The molecule has 1 N–H and O–H groups in total. The zero-order valence-electron chi connectivity index (χ0n) is 8.84. The predicted molar refractivity (Wildman–Crippen MR) is 62.4 cm³/mol. The van der Waals surface area contributed by atoms with Crippen LogP contribution in [0.5, 0.6) is 0 Å². The molecular weight excluding hydrogens is 226 g/mol. The van der Waals surface area contributed by atoms with Crippen molar-refractivity contribution in [3.05, 3.63) is 36.3 Å². The van der Waals surface area contributed by atoms with Gasteiger partial charge in [-0.3, -0.25) is 0 Å². The average Bonchev–Trinajstić information content (AvgIpc) is 2.74. The molecule has 6 heteroatoms. The van der Waals surface area contributed by atoms with Crippen LogP contribution in [0, 0.1) is 0 Å². The van der Waals surface area contributed by atoms with Gasteiger partial charge in [0.05, 0.1) is 6.33 Å². The summed E-state index contributed by atoms with van der Waals surface area (Å²) in [5, 5.41) is 3.58. The summed E-state index contributed by atoms with van der Waals surface area (Å²) in [6.45, 7) is 2.85. The van der Waals surface area contributed by atoms with Gasteiger partial charge in [-0.1, -0.05) is 11.6 Å². The number of nitrogens with one attached hydrogen (secondary N) is 1. The van der Waals surface area contributed by atoms with Crippen molar-refractivity contribution in [1.82, 2.24) is 19.5 Å². The van der Waals surface area contributed by atoms with Crippen LogP contribution in [0.25, 0.3) is 0 Å². The normalized spacial score (nSPS) is 12.4. The van der Waals surface area contributed by atoms with Crippen LogP contribution in [0.15, 0.2) is 31.1 Å². The molecule has 0 bridgehead atoms. The van der Waals surface area contributed by atoms with Crippen LogP contribution in [0.1, 0.15) is 6.92 Å². The van der Waals surface area contributed by atoms with Crippen molar-refractivity contribution < 1.29 is 0 Å². The maximum Gasteiger partial charge on any atom is 0.171 e. The molecule has 0 aliphatic carbocycles. The molecule has 5 nitrogen and oxygen atoms in total. The standard InChI is InChI=1S/C10H12ClN5/c1-8(6-16-5-4-12-7-16)15-10-9(11)13-2-3-14-10/h2-5,7-8H,6H2,1H3,(H,14,15). The lowest BCUT2D eigenvalue weighted by atomic mass is 10.3. The van der Waals surface area contributed by atoms with Gasteiger partial charge in [-0.25, -0.2) is 15.0 Å². The third-order valence-corrected chi connectivity index (χ3v) is 2.36. The molecule has 84 valence electrons. The van der Waals surface area contributed by atoms with Crippen LogP contribution in [-0.2, 0) is 6.54 Å². The Morgan fingerprint density at radius 2 is 2.19 bits per heavy atom. The van der Waals surface area contributed by atoms with Gasteiger partial charge >= 0.3 is 0 Å². The first-order valence-corrected chi connectivity index (χ1v) is 5.32. The molecule has 0 aliphatic heterocycles. The molecule has 16 heavy (non-hydrogen) atoms. The fourth-order valence-corrected chi connectivity index (χ4v) is 1.57. The van der Waals surface area contributed by atoms with Crippen molar-refractivity contribution in [3.63, 3.8) is 0 Å². The first kappa shape index (κ1) is 10.9. The maximum atomic E-state index is 5.89. The van der Waals surface area contributed by atoms with Crippen LogP contribution in [0.3, 0.4) is 0 Å². The van der Waals surface area contributed by atoms with E-state index in [1.165, 1.54) is 0 Å². The summed E-state index contributed by atoms with van der Waals surface area (Å²) in [6, 6.07) is 0.198. The highest BCUT2D eigenvalue weighted by Crippen LogP contribution is 2.15. The SMILES string of the molecule is CC(Cn1ccnc1)Nc1nccnc1Cl. The first-order chi connectivity index (χ1) is 7.75. The van der Waals surface area contributed by atoms with E-state index >= 15 is 0 Å². The molecule has 2 aromatic rings. The van der Waals surface area contributed by atoms with Crippen molar-refractivity contribution in [3.8, 4) is 0 Å².